The summed E-state index contributed by atoms with van der Waals surface area (Å²) in [5, 5.41) is 12.8. The molecule has 0 atom stereocenters. The van der Waals surface area contributed by atoms with Crippen LogP contribution < -0.4 is 5.32 Å². The van der Waals surface area contributed by atoms with Crippen LogP contribution in [-0.4, -0.2) is 11.0 Å². The quantitative estimate of drug-likeness (QED) is 0.752. The van der Waals surface area contributed by atoms with E-state index in [4.69, 9.17) is 11.6 Å². The summed E-state index contributed by atoms with van der Waals surface area (Å²) in [5.74, 6) is -0.290. The number of hydrogen-bond donors (Lipinski definition) is 2. The highest BCUT2D eigenvalue weighted by atomic mass is 79.9. The minimum Gasteiger partial charge on any atom is -0.507 e. The van der Waals surface area contributed by atoms with Crippen molar-refractivity contribution in [3.8, 4) is 5.75 Å². The topological polar surface area (TPSA) is 49.3 Å². The van der Waals surface area contributed by atoms with Gasteiger partial charge in [0, 0.05) is 15.7 Å². The van der Waals surface area contributed by atoms with Crippen LogP contribution in [0, 0.1) is 0 Å². The lowest BCUT2D eigenvalue weighted by Gasteiger charge is -2.07. The van der Waals surface area contributed by atoms with Gasteiger partial charge in [-0.15, -0.1) is 0 Å². The number of phenols is 1. The monoisotopic (exact) mass is 403 g/mol. The Hall–Kier alpha value is -1.04. The van der Waals surface area contributed by atoms with Crippen molar-refractivity contribution in [2.75, 3.05) is 5.32 Å². The SMILES string of the molecule is O=C(Nc1ccc(Cl)c(Br)c1)c1ccc(Br)c(O)c1. The molecule has 0 aliphatic rings. The van der Waals surface area contributed by atoms with E-state index in [0.29, 0.717) is 25.2 Å². The minimum atomic E-state index is -0.308. The number of amides is 1. The molecule has 2 rings (SSSR count). The Morgan fingerprint density at radius 3 is 2.47 bits per heavy atom. The van der Waals surface area contributed by atoms with Crippen molar-refractivity contribution in [2.24, 2.45) is 0 Å². The minimum absolute atomic E-state index is 0.0185. The molecule has 0 spiro atoms. The first-order chi connectivity index (χ1) is 8.97. The van der Waals surface area contributed by atoms with Gasteiger partial charge in [0.05, 0.1) is 9.50 Å². The molecule has 0 aromatic heterocycles. The number of hydrogen-bond acceptors (Lipinski definition) is 2. The van der Waals surface area contributed by atoms with E-state index in [1.54, 1.807) is 30.3 Å². The number of benzene rings is 2. The summed E-state index contributed by atoms with van der Waals surface area (Å²) in [6.07, 6.45) is 0. The predicted molar refractivity (Wildman–Crippen MR) is 82.9 cm³/mol. The molecule has 3 nitrogen and oxygen atoms in total. The summed E-state index contributed by atoms with van der Waals surface area (Å²) in [6.45, 7) is 0. The van der Waals surface area contributed by atoms with E-state index in [-0.39, 0.29) is 11.7 Å². The molecule has 1 amide bonds. The third-order valence-corrected chi connectivity index (χ3v) is 4.27. The maximum atomic E-state index is 12.0. The Labute approximate surface area is 131 Å². The lowest BCUT2D eigenvalue weighted by Crippen LogP contribution is -2.11. The molecule has 0 aliphatic heterocycles. The molecule has 6 heteroatoms. The molecule has 2 N–H and O–H groups in total. The van der Waals surface area contributed by atoms with Crippen molar-refractivity contribution in [3.05, 3.63) is 55.9 Å². The normalized spacial score (nSPS) is 10.3. The average molecular weight is 405 g/mol. The highest BCUT2D eigenvalue weighted by Gasteiger charge is 2.09. The van der Waals surface area contributed by atoms with Crippen molar-refractivity contribution in [1.82, 2.24) is 0 Å². The van der Waals surface area contributed by atoms with Gasteiger partial charge in [0.2, 0.25) is 0 Å². The fourth-order valence-electron chi connectivity index (χ4n) is 1.43. The lowest BCUT2D eigenvalue weighted by atomic mass is 10.2. The second kappa shape index (κ2) is 5.94. The number of anilines is 1. The highest BCUT2D eigenvalue weighted by Crippen LogP contribution is 2.27. The molecule has 0 saturated carbocycles. The number of nitrogens with one attached hydrogen (secondary N) is 1. The number of carbonyl (C=O) groups excluding carboxylic acids is 1. The number of phenolic OH excluding ortho intramolecular Hbond substituents is 1. The lowest BCUT2D eigenvalue weighted by molar-refractivity contribution is 0.102. The van der Waals surface area contributed by atoms with Crippen LogP contribution in [0.25, 0.3) is 0 Å². The fraction of sp³-hybridized carbons (Fsp3) is 0. The Morgan fingerprint density at radius 2 is 1.84 bits per heavy atom. The van der Waals surface area contributed by atoms with Crippen LogP contribution in [0.3, 0.4) is 0 Å². The molecule has 19 heavy (non-hydrogen) atoms. The highest BCUT2D eigenvalue weighted by molar-refractivity contribution is 9.10. The first-order valence-corrected chi connectivity index (χ1v) is 7.18. The van der Waals surface area contributed by atoms with E-state index in [2.05, 4.69) is 37.2 Å². The third kappa shape index (κ3) is 3.49. The summed E-state index contributed by atoms with van der Waals surface area (Å²) >= 11 is 12.3. The molecule has 0 bridgehead atoms. The predicted octanol–water partition coefficient (Wildman–Crippen LogP) is 4.82. The van der Waals surface area contributed by atoms with Crippen LogP contribution in [0.4, 0.5) is 5.69 Å². The van der Waals surface area contributed by atoms with Crippen molar-refractivity contribution in [3.63, 3.8) is 0 Å². The average Bonchev–Trinajstić information content (AvgIpc) is 2.37. The number of halogens is 3. The van der Waals surface area contributed by atoms with E-state index in [1.165, 1.54) is 6.07 Å². The summed E-state index contributed by atoms with van der Waals surface area (Å²) in [6, 6.07) is 9.71. The van der Waals surface area contributed by atoms with Gasteiger partial charge < -0.3 is 10.4 Å². The number of rotatable bonds is 2. The first-order valence-electron chi connectivity index (χ1n) is 5.22. The third-order valence-electron chi connectivity index (χ3n) is 2.39. The van der Waals surface area contributed by atoms with E-state index >= 15 is 0 Å². The zero-order chi connectivity index (χ0) is 14.0. The van der Waals surface area contributed by atoms with Gasteiger partial charge in [0.15, 0.2) is 0 Å². The molecule has 0 unspecified atom stereocenters. The zero-order valence-corrected chi connectivity index (χ0v) is 13.4. The van der Waals surface area contributed by atoms with Crippen molar-refractivity contribution in [2.45, 2.75) is 0 Å². The van der Waals surface area contributed by atoms with Crippen LogP contribution in [0.2, 0.25) is 5.02 Å². The molecule has 98 valence electrons. The van der Waals surface area contributed by atoms with Gasteiger partial charge in [-0.2, -0.15) is 0 Å². The van der Waals surface area contributed by atoms with Crippen LogP contribution in [0.15, 0.2) is 45.3 Å². The van der Waals surface area contributed by atoms with E-state index < -0.39 is 0 Å². The van der Waals surface area contributed by atoms with Gasteiger partial charge in [-0.05, 0) is 68.3 Å². The number of carbonyl (C=O) groups is 1. The van der Waals surface area contributed by atoms with Crippen LogP contribution >= 0.6 is 43.5 Å². The second-order valence-corrected chi connectivity index (χ2v) is 5.87. The van der Waals surface area contributed by atoms with Gasteiger partial charge in [-0.3, -0.25) is 4.79 Å². The largest absolute Gasteiger partial charge is 0.507 e. The molecule has 0 fully saturated rings. The van der Waals surface area contributed by atoms with E-state index in [9.17, 15) is 9.90 Å². The fourth-order valence-corrected chi connectivity index (χ4v) is 2.17. The van der Waals surface area contributed by atoms with Crippen LogP contribution in [-0.2, 0) is 0 Å². The number of aromatic hydroxyl groups is 1. The van der Waals surface area contributed by atoms with Gasteiger partial charge >= 0.3 is 0 Å². The Morgan fingerprint density at radius 1 is 1.11 bits per heavy atom. The van der Waals surface area contributed by atoms with Crippen LogP contribution in [0.1, 0.15) is 10.4 Å². The Balaban J connectivity index is 2.20. The van der Waals surface area contributed by atoms with Gasteiger partial charge in [-0.25, -0.2) is 0 Å². The molecule has 0 saturated heterocycles. The summed E-state index contributed by atoms with van der Waals surface area (Å²) in [7, 11) is 0. The standard InChI is InChI=1S/C13H8Br2ClNO2/c14-9-3-1-7(5-12(9)18)13(19)17-8-2-4-11(16)10(15)6-8/h1-6,18H,(H,17,19). The molecule has 2 aromatic rings. The summed E-state index contributed by atoms with van der Waals surface area (Å²) < 4.78 is 1.24. The summed E-state index contributed by atoms with van der Waals surface area (Å²) in [5.41, 5.74) is 0.982. The smallest absolute Gasteiger partial charge is 0.255 e. The first kappa shape index (κ1) is 14.4. The molecule has 2 aromatic carbocycles. The van der Waals surface area contributed by atoms with Crippen LogP contribution in [0.5, 0.6) is 5.75 Å². The molecular formula is C13H8Br2ClNO2. The maximum absolute atomic E-state index is 12.0. The molecule has 0 heterocycles. The van der Waals surface area contributed by atoms with Gasteiger partial charge in [0.1, 0.15) is 5.75 Å². The maximum Gasteiger partial charge on any atom is 0.255 e. The van der Waals surface area contributed by atoms with Crippen molar-refractivity contribution >= 4 is 55.1 Å². The van der Waals surface area contributed by atoms with E-state index in [1.807, 2.05) is 0 Å². The molecular weight excluding hydrogens is 397 g/mol. The zero-order valence-electron chi connectivity index (χ0n) is 9.45. The molecule has 0 radical (unpaired) electrons. The second-order valence-electron chi connectivity index (χ2n) is 3.75. The van der Waals surface area contributed by atoms with Crippen molar-refractivity contribution in [1.29, 1.82) is 0 Å². The van der Waals surface area contributed by atoms with Crippen molar-refractivity contribution < 1.29 is 9.90 Å². The Bertz CT molecular complexity index is 647. The van der Waals surface area contributed by atoms with Gasteiger partial charge in [0.25, 0.3) is 5.91 Å². The molecule has 0 aliphatic carbocycles. The van der Waals surface area contributed by atoms with E-state index in [0.717, 1.165) is 0 Å². The Kier molecular flexibility index (Phi) is 4.50. The van der Waals surface area contributed by atoms with Gasteiger partial charge in [-0.1, -0.05) is 11.6 Å². The summed E-state index contributed by atoms with van der Waals surface area (Å²) in [4.78, 5) is 12.0.